The highest BCUT2D eigenvalue weighted by molar-refractivity contribution is 6.01. The molecule has 0 aliphatic rings. The van der Waals surface area contributed by atoms with E-state index in [-0.39, 0.29) is 24.5 Å². The van der Waals surface area contributed by atoms with Crippen molar-refractivity contribution in [1.29, 1.82) is 0 Å². The number of carbonyl (C=O) groups excluding carboxylic acids is 2. The molecule has 0 bridgehead atoms. The molecule has 1 amide bonds. The highest BCUT2D eigenvalue weighted by Crippen LogP contribution is 2.24. The number of methoxy groups -OCH3 is 1. The van der Waals surface area contributed by atoms with Gasteiger partial charge in [-0.2, -0.15) is 0 Å². The lowest BCUT2D eigenvalue weighted by Gasteiger charge is -2.12. The smallest absolute Gasteiger partial charge is 0.340 e. The number of amides is 1. The third-order valence-electron chi connectivity index (χ3n) is 5.02. The van der Waals surface area contributed by atoms with E-state index in [1.165, 1.54) is 13.2 Å². The lowest BCUT2D eigenvalue weighted by atomic mass is 10.1. The van der Waals surface area contributed by atoms with Gasteiger partial charge in [0.25, 0.3) is 0 Å². The molecule has 0 saturated heterocycles. The van der Waals surface area contributed by atoms with Crippen LogP contribution in [0, 0.1) is 0 Å². The number of ether oxygens (including phenoxy) is 2. The number of fused-ring (bicyclic) bond motifs is 1. The Morgan fingerprint density at radius 1 is 0.939 bits per heavy atom. The maximum Gasteiger partial charge on any atom is 0.340 e. The number of esters is 1. The van der Waals surface area contributed by atoms with E-state index in [2.05, 4.69) is 5.32 Å². The first-order chi connectivity index (χ1) is 16.0. The molecular formula is C26H21NO6. The Kier molecular flexibility index (Phi) is 6.50. The minimum absolute atomic E-state index is 0.139. The van der Waals surface area contributed by atoms with Crippen molar-refractivity contribution in [3.63, 3.8) is 0 Å². The maximum atomic E-state index is 12.8. The summed E-state index contributed by atoms with van der Waals surface area (Å²) in [5.74, 6) is -0.331. The van der Waals surface area contributed by atoms with E-state index in [1.54, 1.807) is 42.5 Å². The number of benzene rings is 3. The van der Waals surface area contributed by atoms with Gasteiger partial charge in [-0.3, -0.25) is 4.79 Å². The number of nitrogens with one attached hydrogen (secondary N) is 1. The van der Waals surface area contributed by atoms with Crippen LogP contribution in [0.1, 0.15) is 21.5 Å². The summed E-state index contributed by atoms with van der Waals surface area (Å²) in [5, 5.41) is 3.40. The standard InChI is InChI=1S/C26H21NO6/c1-31-19-11-12-20-18(14-25(29)33-23(20)15-19)16-32-26(30)21-9-5-6-10-22(21)27-24(28)13-17-7-3-2-4-8-17/h2-12,14-15H,13,16H2,1H3,(H,27,28). The third-order valence-corrected chi connectivity index (χ3v) is 5.02. The summed E-state index contributed by atoms with van der Waals surface area (Å²) in [6.45, 7) is -0.139. The Morgan fingerprint density at radius 3 is 2.48 bits per heavy atom. The van der Waals surface area contributed by atoms with E-state index in [9.17, 15) is 14.4 Å². The molecule has 1 heterocycles. The van der Waals surface area contributed by atoms with E-state index >= 15 is 0 Å². The molecule has 4 aromatic rings. The molecule has 0 spiro atoms. The minimum atomic E-state index is -0.625. The first-order valence-corrected chi connectivity index (χ1v) is 10.2. The molecule has 1 N–H and O–H groups in total. The Bertz CT molecular complexity index is 1360. The summed E-state index contributed by atoms with van der Waals surface area (Å²) in [4.78, 5) is 37.2. The Hall–Kier alpha value is -4.39. The van der Waals surface area contributed by atoms with Gasteiger partial charge in [0.2, 0.25) is 5.91 Å². The Balaban J connectivity index is 1.50. The maximum absolute atomic E-state index is 12.8. The average molecular weight is 443 g/mol. The van der Waals surface area contributed by atoms with Gasteiger partial charge in [-0.15, -0.1) is 0 Å². The largest absolute Gasteiger partial charge is 0.497 e. The number of rotatable bonds is 7. The topological polar surface area (TPSA) is 94.8 Å². The molecule has 0 radical (unpaired) electrons. The highest BCUT2D eigenvalue weighted by Gasteiger charge is 2.16. The molecule has 1 aromatic heterocycles. The SMILES string of the molecule is COc1ccc2c(COC(=O)c3ccccc3NC(=O)Cc3ccccc3)cc(=O)oc2c1. The second-order valence-corrected chi connectivity index (χ2v) is 7.29. The van der Waals surface area contributed by atoms with Crippen molar-refractivity contribution >= 4 is 28.5 Å². The van der Waals surface area contributed by atoms with Crippen LogP contribution >= 0.6 is 0 Å². The van der Waals surface area contributed by atoms with Crippen LogP contribution in [-0.4, -0.2) is 19.0 Å². The molecule has 3 aromatic carbocycles. The Labute approximate surface area is 189 Å². The highest BCUT2D eigenvalue weighted by atomic mass is 16.5. The number of para-hydroxylation sites is 1. The van der Waals surface area contributed by atoms with Gasteiger partial charge in [-0.05, 0) is 29.8 Å². The Morgan fingerprint density at radius 2 is 1.70 bits per heavy atom. The van der Waals surface area contributed by atoms with Crippen LogP contribution in [0.5, 0.6) is 5.75 Å². The van der Waals surface area contributed by atoms with Crippen molar-refractivity contribution in [3.8, 4) is 5.75 Å². The van der Waals surface area contributed by atoms with Crippen molar-refractivity contribution in [1.82, 2.24) is 0 Å². The average Bonchev–Trinajstić information content (AvgIpc) is 2.82. The van der Waals surface area contributed by atoms with Gasteiger partial charge in [-0.1, -0.05) is 42.5 Å². The van der Waals surface area contributed by atoms with Crippen LogP contribution in [0.2, 0.25) is 0 Å². The molecule has 0 aliphatic heterocycles. The fourth-order valence-electron chi connectivity index (χ4n) is 3.42. The molecule has 7 nitrogen and oxygen atoms in total. The zero-order valence-corrected chi connectivity index (χ0v) is 17.9. The van der Waals surface area contributed by atoms with Crippen LogP contribution in [0.4, 0.5) is 5.69 Å². The summed E-state index contributed by atoms with van der Waals surface area (Å²) < 4.78 is 15.9. The van der Waals surface area contributed by atoms with Crippen molar-refractivity contribution in [3.05, 3.63) is 106 Å². The van der Waals surface area contributed by atoms with Gasteiger partial charge >= 0.3 is 11.6 Å². The molecule has 0 unspecified atom stereocenters. The van der Waals surface area contributed by atoms with Crippen LogP contribution < -0.4 is 15.7 Å². The van der Waals surface area contributed by atoms with E-state index < -0.39 is 11.6 Å². The summed E-state index contributed by atoms with van der Waals surface area (Å²) in [7, 11) is 1.51. The minimum Gasteiger partial charge on any atom is -0.497 e. The van der Waals surface area contributed by atoms with Crippen LogP contribution in [0.3, 0.4) is 0 Å². The van der Waals surface area contributed by atoms with Crippen molar-refractivity contribution < 1.29 is 23.5 Å². The van der Waals surface area contributed by atoms with Gasteiger partial charge in [0.1, 0.15) is 17.9 Å². The monoisotopic (exact) mass is 443 g/mol. The van der Waals surface area contributed by atoms with Crippen molar-refractivity contribution in [2.45, 2.75) is 13.0 Å². The lowest BCUT2D eigenvalue weighted by Crippen LogP contribution is -2.17. The molecule has 0 atom stereocenters. The number of anilines is 1. The predicted octanol–water partition coefficient (Wildman–Crippen LogP) is 4.34. The van der Waals surface area contributed by atoms with E-state index in [0.29, 0.717) is 28.0 Å². The van der Waals surface area contributed by atoms with Crippen molar-refractivity contribution in [2.75, 3.05) is 12.4 Å². The molecular weight excluding hydrogens is 422 g/mol. The van der Waals surface area contributed by atoms with Gasteiger partial charge in [0.05, 0.1) is 24.8 Å². The molecule has 7 heteroatoms. The fraction of sp³-hybridized carbons (Fsp3) is 0.115. The lowest BCUT2D eigenvalue weighted by molar-refractivity contribution is -0.115. The number of hydrogen-bond donors (Lipinski definition) is 1. The predicted molar refractivity (Wildman–Crippen MR) is 123 cm³/mol. The van der Waals surface area contributed by atoms with E-state index in [4.69, 9.17) is 13.9 Å². The van der Waals surface area contributed by atoms with Gasteiger partial charge in [0, 0.05) is 23.1 Å². The summed E-state index contributed by atoms with van der Waals surface area (Å²) in [6.07, 6.45) is 0.180. The first kappa shape index (κ1) is 21.8. The second-order valence-electron chi connectivity index (χ2n) is 7.29. The van der Waals surface area contributed by atoms with E-state index in [0.717, 1.165) is 5.56 Å². The molecule has 0 aliphatic carbocycles. The van der Waals surface area contributed by atoms with Gasteiger partial charge in [-0.25, -0.2) is 9.59 Å². The molecule has 166 valence electrons. The van der Waals surface area contributed by atoms with Crippen molar-refractivity contribution in [2.24, 2.45) is 0 Å². The summed E-state index contributed by atoms with van der Waals surface area (Å²) in [5.41, 5.74) is 1.71. The molecule has 0 fully saturated rings. The second kappa shape index (κ2) is 9.82. The molecule has 33 heavy (non-hydrogen) atoms. The summed E-state index contributed by atoms with van der Waals surface area (Å²) >= 11 is 0. The van der Waals surface area contributed by atoms with Crippen LogP contribution in [-0.2, 0) is 22.6 Å². The normalized spacial score (nSPS) is 10.6. The summed E-state index contributed by atoms with van der Waals surface area (Å²) in [6, 6.07) is 22.3. The third kappa shape index (κ3) is 5.27. The van der Waals surface area contributed by atoms with Gasteiger partial charge < -0.3 is 19.2 Å². The quantitative estimate of drug-likeness (QED) is 0.337. The first-order valence-electron chi connectivity index (χ1n) is 10.2. The zero-order chi connectivity index (χ0) is 23.2. The number of carbonyl (C=O) groups is 2. The molecule has 0 saturated carbocycles. The van der Waals surface area contributed by atoms with Crippen LogP contribution in [0.15, 0.2) is 88.1 Å². The van der Waals surface area contributed by atoms with Crippen LogP contribution in [0.25, 0.3) is 11.0 Å². The van der Waals surface area contributed by atoms with E-state index in [1.807, 2.05) is 30.3 Å². The number of hydrogen-bond acceptors (Lipinski definition) is 6. The molecule has 4 rings (SSSR count). The van der Waals surface area contributed by atoms with Gasteiger partial charge in [0.15, 0.2) is 0 Å². The fourth-order valence-corrected chi connectivity index (χ4v) is 3.42. The zero-order valence-electron chi connectivity index (χ0n) is 17.9.